The zero-order chi connectivity index (χ0) is 10.9. The molecule has 0 aromatic rings. The molecule has 0 aliphatic carbocycles. The van der Waals surface area contributed by atoms with E-state index in [1.165, 1.54) is 19.5 Å². The molecule has 0 aromatic carbocycles. The van der Waals surface area contributed by atoms with Crippen LogP contribution >= 0.6 is 0 Å². The van der Waals surface area contributed by atoms with Gasteiger partial charge in [-0.25, -0.2) is 0 Å². The van der Waals surface area contributed by atoms with Gasteiger partial charge in [-0.1, -0.05) is 42.0 Å². The molecule has 1 nitrogen and oxygen atoms in total. The monoisotopic (exact) mass is 203 g/mol. The molecule has 0 radical (unpaired) electrons. The van der Waals surface area contributed by atoms with E-state index in [2.05, 4.69) is 25.7 Å². The fourth-order valence-electron chi connectivity index (χ4n) is 1.44. The Kier molecular flexibility index (Phi) is 18.1. The van der Waals surface area contributed by atoms with Crippen molar-refractivity contribution in [1.29, 1.82) is 0 Å². The second-order valence-corrected chi connectivity index (χ2v) is 3.48. The molecule has 1 heterocycles. The second-order valence-electron chi connectivity index (χ2n) is 3.48. The van der Waals surface area contributed by atoms with Crippen molar-refractivity contribution in [2.24, 2.45) is 5.92 Å². The summed E-state index contributed by atoms with van der Waals surface area (Å²) in [7, 11) is 0. The van der Waals surface area contributed by atoms with Crippen LogP contribution in [-0.2, 0) is 0 Å². The fraction of sp³-hybridized carbons (Fsp3) is 1.00. The SMILES string of the molecule is C.CC.CC.CC1CCN(C(C)C)C1. The standard InChI is InChI=1S/C8H17N.2C2H6.CH4/c1-7(2)9-5-4-8(3)6-9;2*1-2;/h7-8H,4-6H2,1-3H3;2*1-2H3;1H4. The minimum atomic E-state index is 0. The summed E-state index contributed by atoms with van der Waals surface area (Å²) in [5, 5.41) is 0. The molecule has 0 N–H and O–H groups in total. The molecule has 1 saturated heterocycles. The molecule has 14 heavy (non-hydrogen) atoms. The lowest BCUT2D eigenvalue weighted by Crippen LogP contribution is -2.27. The third-order valence-electron chi connectivity index (χ3n) is 2.19. The van der Waals surface area contributed by atoms with Crippen LogP contribution < -0.4 is 0 Å². The van der Waals surface area contributed by atoms with Crippen LogP contribution in [0.4, 0.5) is 0 Å². The Bertz CT molecular complexity index is 89.2. The van der Waals surface area contributed by atoms with Crippen LogP contribution in [0.2, 0.25) is 0 Å². The van der Waals surface area contributed by atoms with Crippen molar-refractivity contribution in [3.05, 3.63) is 0 Å². The molecular formula is C13H33N. The molecule has 1 fully saturated rings. The van der Waals surface area contributed by atoms with Gasteiger partial charge in [-0.3, -0.25) is 0 Å². The third kappa shape index (κ3) is 8.55. The van der Waals surface area contributed by atoms with E-state index in [0.717, 1.165) is 12.0 Å². The number of hydrogen-bond acceptors (Lipinski definition) is 1. The van der Waals surface area contributed by atoms with Crippen LogP contribution in [0.1, 0.15) is 62.3 Å². The second kappa shape index (κ2) is 13.0. The molecule has 1 heteroatoms. The van der Waals surface area contributed by atoms with Crippen LogP contribution in [0.3, 0.4) is 0 Å². The first-order valence-corrected chi connectivity index (χ1v) is 5.94. The summed E-state index contributed by atoms with van der Waals surface area (Å²) < 4.78 is 0. The van der Waals surface area contributed by atoms with Gasteiger partial charge >= 0.3 is 0 Å². The predicted molar refractivity (Wildman–Crippen MR) is 69.9 cm³/mol. The zero-order valence-corrected chi connectivity index (χ0v) is 10.7. The first-order chi connectivity index (χ1) is 6.20. The molecule has 1 unspecified atom stereocenters. The molecule has 0 amide bonds. The van der Waals surface area contributed by atoms with Gasteiger partial charge in [0.25, 0.3) is 0 Å². The van der Waals surface area contributed by atoms with Crippen molar-refractivity contribution in [3.8, 4) is 0 Å². The molecular weight excluding hydrogens is 170 g/mol. The Hall–Kier alpha value is -0.0400. The van der Waals surface area contributed by atoms with E-state index < -0.39 is 0 Å². The maximum absolute atomic E-state index is 2.55. The molecule has 0 saturated carbocycles. The average molecular weight is 203 g/mol. The third-order valence-corrected chi connectivity index (χ3v) is 2.19. The fourth-order valence-corrected chi connectivity index (χ4v) is 1.44. The average Bonchev–Trinajstić information content (AvgIpc) is 2.59. The van der Waals surface area contributed by atoms with Crippen LogP contribution in [0.5, 0.6) is 0 Å². The van der Waals surface area contributed by atoms with E-state index in [1.807, 2.05) is 27.7 Å². The zero-order valence-electron chi connectivity index (χ0n) is 10.7. The normalized spacial score (nSPS) is 20.1. The van der Waals surface area contributed by atoms with Gasteiger partial charge in [0, 0.05) is 12.6 Å². The summed E-state index contributed by atoms with van der Waals surface area (Å²) >= 11 is 0. The predicted octanol–water partition coefficient (Wildman–Crippen LogP) is 4.43. The molecule has 90 valence electrons. The number of likely N-dealkylation sites (tertiary alicyclic amines) is 1. The van der Waals surface area contributed by atoms with Crippen molar-refractivity contribution in [2.45, 2.75) is 68.4 Å². The molecule has 0 aromatic heterocycles. The van der Waals surface area contributed by atoms with Crippen LogP contribution in [0.15, 0.2) is 0 Å². The number of nitrogens with zero attached hydrogens (tertiary/aromatic N) is 1. The van der Waals surface area contributed by atoms with E-state index in [9.17, 15) is 0 Å². The molecule has 0 spiro atoms. The van der Waals surface area contributed by atoms with E-state index >= 15 is 0 Å². The highest BCUT2D eigenvalue weighted by Crippen LogP contribution is 2.16. The van der Waals surface area contributed by atoms with E-state index in [-0.39, 0.29) is 7.43 Å². The van der Waals surface area contributed by atoms with Crippen molar-refractivity contribution < 1.29 is 0 Å². The minimum Gasteiger partial charge on any atom is -0.301 e. The Balaban J connectivity index is -0.000000216. The van der Waals surface area contributed by atoms with Crippen LogP contribution in [0, 0.1) is 5.92 Å². The Labute approximate surface area is 92.9 Å². The Morgan fingerprint density at radius 2 is 1.50 bits per heavy atom. The molecule has 1 aliphatic heterocycles. The van der Waals surface area contributed by atoms with Gasteiger partial charge in [-0.2, -0.15) is 0 Å². The molecule has 1 rings (SSSR count). The van der Waals surface area contributed by atoms with Gasteiger partial charge in [0.2, 0.25) is 0 Å². The lowest BCUT2D eigenvalue weighted by molar-refractivity contribution is 0.267. The van der Waals surface area contributed by atoms with Gasteiger partial charge in [0.05, 0.1) is 0 Å². The summed E-state index contributed by atoms with van der Waals surface area (Å²) in [4.78, 5) is 2.55. The first kappa shape index (κ1) is 19.5. The van der Waals surface area contributed by atoms with Crippen molar-refractivity contribution >= 4 is 0 Å². The number of rotatable bonds is 1. The van der Waals surface area contributed by atoms with Gasteiger partial charge in [-0.05, 0) is 32.7 Å². The lowest BCUT2D eigenvalue weighted by Gasteiger charge is -2.19. The van der Waals surface area contributed by atoms with E-state index in [4.69, 9.17) is 0 Å². The van der Waals surface area contributed by atoms with Gasteiger partial charge in [0.1, 0.15) is 0 Å². The smallest absolute Gasteiger partial charge is 0.00387 e. The number of hydrogen-bond donors (Lipinski definition) is 0. The summed E-state index contributed by atoms with van der Waals surface area (Å²) in [6, 6.07) is 0.759. The van der Waals surface area contributed by atoms with Crippen LogP contribution in [0.25, 0.3) is 0 Å². The summed E-state index contributed by atoms with van der Waals surface area (Å²) in [5.41, 5.74) is 0. The van der Waals surface area contributed by atoms with Crippen molar-refractivity contribution in [2.75, 3.05) is 13.1 Å². The topological polar surface area (TPSA) is 3.24 Å². The maximum Gasteiger partial charge on any atom is 0.00387 e. The van der Waals surface area contributed by atoms with Crippen molar-refractivity contribution in [1.82, 2.24) is 4.90 Å². The maximum atomic E-state index is 2.55. The largest absolute Gasteiger partial charge is 0.301 e. The summed E-state index contributed by atoms with van der Waals surface area (Å²) in [6.45, 7) is 17.5. The van der Waals surface area contributed by atoms with Crippen molar-refractivity contribution in [3.63, 3.8) is 0 Å². The van der Waals surface area contributed by atoms with Crippen LogP contribution in [-0.4, -0.2) is 24.0 Å². The quantitative estimate of drug-likeness (QED) is 0.609. The van der Waals surface area contributed by atoms with E-state index in [0.29, 0.717) is 0 Å². The molecule has 1 aliphatic rings. The van der Waals surface area contributed by atoms with E-state index in [1.54, 1.807) is 0 Å². The first-order valence-electron chi connectivity index (χ1n) is 5.94. The minimum absolute atomic E-state index is 0. The van der Waals surface area contributed by atoms with Gasteiger partial charge in [0.15, 0.2) is 0 Å². The highest BCUT2D eigenvalue weighted by molar-refractivity contribution is 4.74. The highest BCUT2D eigenvalue weighted by atomic mass is 15.2. The van der Waals surface area contributed by atoms with Gasteiger partial charge in [-0.15, -0.1) is 0 Å². The lowest BCUT2D eigenvalue weighted by atomic mass is 10.2. The molecule has 1 atom stereocenters. The summed E-state index contributed by atoms with van der Waals surface area (Å²) in [6.07, 6.45) is 1.40. The Morgan fingerprint density at radius 3 is 1.64 bits per heavy atom. The Morgan fingerprint density at radius 1 is 1.07 bits per heavy atom. The van der Waals surface area contributed by atoms with Gasteiger partial charge < -0.3 is 4.90 Å². The highest BCUT2D eigenvalue weighted by Gasteiger charge is 2.19. The summed E-state index contributed by atoms with van der Waals surface area (Å²) in [5.74, 6) is 0.937. The molecule has 0 bridgehead atoms.